The van der Waals surface area contributed by atoms with Gasteiger partial charge in [-0.05, 0) is 164 Å². The Kier molecular flexibility index (Phi) is 29.7. The van der Waals surface area contributed by atoms with E-state index in [1.165, 1.54) is 58.3 Å². The van der Waals surface area contributed by atoms with Gasteiger partial charge >= 0.3 is 11.3 Å². The number of nitrogens with zero attached hydrogens (tertiary/aromatic N) is 2. The number of likely N-dealkylation sites (tertiary alicyclic amines) is 2. The van der Waals surface area contributed by atoms with E-state index in [4.69, 9.17) is 20.3 Å². The average molecular weight is 1880 g/mol. The monoisotopic (exact) mass is 1880 g/mol. The van der Waals surface area contributed by atoms with Crippen LogP contribution in [-0.2, 0) is 99.2 Å². The number of para-hydroxylation sites is 3. The van der Waals surface area contributed by atoms with Gasteiger partial charge in [0.15, 0.2) is 0 Å². The summed E-state index contributed by atoms with van der Waals surface area (Å²) in [5.74, 6) is -9.65. The fraction of sp³-hybridized carbons (Fsp3) is 0.300. The molecule has 0 spiro atoms. The zero-order valence-corrected chi connectivity index (χ0v) is 75.3. The van der Waals surface area contributed by atoms with Crippen LogP contribution in [0.5, 0.6) is 11.5 Å². The molecule has 7 aromatic carbocycles. The fourth-order valence-electron chi connectivity index (χ4n) is 18.0. The number of hydrogen-bond donors (Lipinski definition) is 18. The summed E-state index contributed by atoms with van der Waals surface area (Å²) in [4.78, 5) is 229. The zero-order valence-electron chi connectivity index (χ0n) is 75.3. The van der Waals surface area contributed by atoms with Crippen molar-refractivity contribution in [2.45, 2.75) is 177 Å². The molecule has 11 unspecified atom stereocenters. The summed E-state index contributed by atoms with van der Waals surface area (Å²) in [6.45, 7) is 7.59. The van der Waals surface area contributed by atoms with Crippen LogP contribution in [0.25, 0.3) is 54.6 Å². The number of amides is 14. The summed E-state index contributed by atoms with van der Waals surface area (Å²) in [5.41, 5.74) is 18.6. The number of hydrogen-bond acceptors (Lipinski definition) is 21. The number of phenolic OH excluding ortho intramolecular Hbond substituents is 2. The summed E-state index contributed by atoms with van der Waals surface area (Å²) in [5, 5.41) is 54.4. The van der Waals surface area contributed by atoms with Gasteiger partial charge in [0.05, 0.1) is 12.8 Å². The smallest absolute Gasteiger partial charge is 0.336 e. The SMILES string of the molecule is C=C1CCC(C(=O)NC(CC(N)=O)C(=O)N2CCCC2C(=O)NC(Cc2ccc(O)cc2)C(=O)NC(Cc2c[nH]c3ccccc23)C(=O)NC(Cc2c[nH]c3ccccc23)C(=O)Nc2ccc3c(C)cc(=O)oc3c2)N1.Cc1cc(=O)oc2cc(NC(=O)C(Cc3c[nH]c4ccccc34)NC(=O)C(Cc3ccc(O)cc3)NC(=O)C3CCCN3C(=O)C(CC(N)=O)NC(=O)C3CCC(=O)N3)ccc12. The van der Waals surface area contributed by atoms with Crippen molar-refractivity contribution in [1.29, 1.82) is 0 Å². The molecule has 4 fully saturated rings. The van der Waals surface area contributed by atoms with Crippen LogP contribution >= 0.6 is 0 Å². The minimum Gasteiger partial charge on any atom is -0.508 e. The highest BCUT2D eigenvalue weighted by atomic mass is 16.4. The fourth-order valence-corrected chi connectivity index (χ4v) is 18.0. The lowest BCUT2D eigenvalue weighted by molar-refractivity contribution is -0.143. The molecule has 4 aliphatic heterocycles. The predicted octanol–water partition coefficient (Wildman–Crippen LogP) is 4.82. The summed E-state index contributed by atoms with van der Waals surface area (Å²) in [6, 6.07) is 33.7. The first-order chi connectivity index (χ1) is 66.3. The Morgan fingerprint density at radius 2 is 0.761 bits per heavy atom. The predicted molar refractivity (Wildman–Crippen MR) is 508 cm³/mol. The third-order valence-corrected chi connectivity index (χ3v) is 25.1. The minimum absolute atomic E-state index is 0.00442. The lowest BCUT2D eigenvalue weighted by atomic mass is 10.00. The van der Waals surface area contributed by atoms with Crippen molar-refractivity contribution in [3.8, 4) is 11.5 Å². The number of aromatic amines is 3. The number of fused-ring (bicyclic) bond motifs is 5. The molecule has 714 valence electrons. The van der Waals surface area contributed by atoms with Crippen LogP contribution in [-0.4, -0.2) is 197 Å². The van der Waals surface area contributed by atoms with Crippen LogP contribution in [0.2, 0.25) is 0 Å². The second-order valence-corrected chi connectivity index (χ2v) is 35.0. The molecule has 4 saturated heterocycles. The van der Waals surface area contributed by atoms with Crippen molar-refractivity contribution in [2.75, 3.05) is 23.7 Å². The number of carbonyl (C=O) groups excluding carboxylic acids is 14. The van der Waals surface area contributed by atoms with E-state index in [2.05, 4.69) is 80.0 Å². The maximum Gasteiger partial charge on any atom is 0.336 e. The first-order valence-electron chi connectivity index (χ1n) is 45.2. The lowest BCUT2D eigenvalue weighted by Gasteiger charge is -2.30. The number of rotatable bonds is 34. The number of carbonyl (C=O) groups is 14. The third-order valence-electron chi connectivity index (χ3n) is 25.1. The highest BCUT2D eigenvalue weighted by Gasteiger charge is 2.44. The van der Waals surface area contributed by atoms with E-state index >= 15 is 4.79 Å². The van der Waals surface area contributed by atoms with Crippen molar-refractivity contribution < 1.29 is 86.2 Å². The second kappa shape index (κ2) is 42.7. The zero-order chi connectivity index (χ0) is 97.7. The Hall–Kier alpha value is -16.7. The summed E-state index contributed by atoms with van der Waals surface area (Å²) >= 11 is 0. The maximum absolute atomic E-state index is 15.0. The molecule has 14 amide bonds. The quantitative estimate of drug-likeness (QED) is 0.0240. The van der Waals surface area contributed by atoms with Gasteiger partial charge in [-0.25, -0.2) is 9.59 Å². The van der Waals surface area contributed by atoms with Gasteiger partial charge in [-0.1, -0.05) is 85.4 Å². The van der Waals surface area contributed by atoms with Crippen molar-refractivity contribution in [3.63, 3.8) is 0 Å². The van der Waals surface area contributed by atoms with Gasteiger partial charge in [0.1, 0.15) is 89.1 Å². The largest absolute Gasteiger partial charge is 0.508 e. The van der Waals surface area contributed by atoms with Crippen LogP contribution in [0, 0.1) is 13.8 Å². The second-order valence-electron chi connectivity index (χ2n) is 35.0. The molecule has 38 nitrogen and oxygen atoms in total. The molecular weight excluding hydrogens is 1770 g/mol. The number of anilines is 2. The molecule has 9 heterocycles. The maximum atomic E-state index is 15.0. The number of benzene rings is 7. The van der Waals surface area contributed by atoms with Gasteiger partial charge in [-0.3, -0.25) is 67.1 Å². The van der Waals surface area contributed by atoms with Gasteiger partial charge in [-0.15, -0.1) is 0 Å². The first kappa shape index (κ1) is 95.9. The number of nitrogens with one attached hydrogen (secondary N) is 14. The van der Waals surface area contributed by atoms with Gasteiger partial charge in [0.25, 0.3) is 0 Å². The molecule has 16 rings (SSSR count). The Morgan fingerprint density at radius 1 is 0.406 bits per heavy atom. The first-order valence-corrected chi connectivity index (χ1v) is 45.2. The summed E-state index contributed by atoms with van der Waals surface area (Å²) in [7, 11) is 0. The van der Waals surface area contributed by atoms with Crippen molar-refractivity contribution >= 4 is 149 Å². The van der Waals surface area contributed by atoms with Gasteiger partial charge in [-0.2, -0.15) is 0 Å². The number of allylic oxidation sites excluding steroid dienone is 1. The molecule has 0 saturated carbocycles. The summed E-state index contributed by atoms with van der Waals surface area (Å²) < 4.78 is 10.8. The molecule has 38 heteroatoms. The van der Waals surface area contributed by atoms with Gasteiger partial charge in [0.2, 0.25) is 82.7 Å². The van der Waals surface area contributed by atoms with Crippen LogP contribution < -0.4 is 81.2 Å². The van der Waals surface area contributed by atoms with E-state index in [0.29, 0.717) is 92.5 Å². The lowest BCUT2D eigenvalue weighted by Crippen LogP contribution is -2.60. The molecule has 0 radical (unpaired) electrons. The van der Waals surface area contributed by atoms with Crippen molar-refractivity contribution in [3.05, 3.63) is 261 Å². The Balaban J connectivity index is 0.000000214. The normalized spacial score (nSPS) is 17.1. The van der Waals surface area contributed by atoms with Crippen LogP contribution in [0.1, 0.15) is 103 Å². The number of aromatic hydroxyl groups is 2. The van der Waals surface area contributed by atoms with E-state index < -0.39 is 167 Å². The molecular formula is C100H104N18O20. The average Bonchev–Trinajstić information content (AvgIpc) is 0.950. The van der Waals surface area contributed by atoms with E-state index in [1.807, 2.05) is 72.8 Å². The van der Waals surface area contributed by atoms with E-state index in [0.717, 1.165) is 32.7 Å². The Labute approximate surface area is 787 Å². The summed E-state index contributed by atoms with van der Waals surface area (Å²) in [6.07, 6.45) is 6.33. The molecule has 138 heavy (non-hydrogen) atoms. The van der Waals surface area contributed by atoms with Crippen molar-refractivity contribution in [1.82, 2.24) is 72.6 Å². The Bertz CT molecular complexity index is 6880. The molecule has 20 N–H and O–H groups in total. The number of aromatic nitrogens is 3. The number of nitrogens with two attached hydrogens (primary N) is 2. The molecule has 0 bridgehead atoms. The number of aryl methyl sites for hydroxylation is 2. The minimum atomic E-state index is -1.42. The van der Waals surface area contributed by atoms with E-state index in [-0.39, 0.29) is 99.4 Å². The van der Waals surface area contributed by atoms with Crippen LogP contribution in [0.3, 0.4) is 0 Å². The highest BCUT2D eigenvalue weighted by molar-refractivity contribution is 6.05. The standard InChI is InChI=1S/C56H58N10O10.C44H46N8O10/c1-30-22-50(69)76-48-26-35(16-19-37(30)48)61-52(71)44(24-33-28-58-40-10-5-3-8-38(33)40)62-54(73)45(25-34-29-59-41-11-6-4-9-39(34)41)63-53(72)43(23-32-14-17-36(67)18-15-32)64-55(74)47-12-7-21-66(47)56(75)46(27-49(57)68)65-51(70)42-20-13-31(2)60-42;1-23-17-39(56)62-36-20-26(10-13-28(23)36)47-41(58)33(19-25-22-46-30-6-3-2-5-29(25)30)49-42(59)32(18-24-8-11-27(53)12-9-24)50-43(60)35-7-4-16-52(35)44(61)34(21-37(45)54)51-40(57)31-14-15-38(55)48-31/h3-6,8-11,14-19,22,26,28-29,42-47,58-60,67H,2,7,12-13,20-21,23-25,27H2,1H3,(H2,57,68)(H,61,71)(H,62,73)(H,63,72)(H,64,74)(H,65,70);2-3,5-6,8-13,17,20,22,31-35,46,53H,4,7,14-16,18-19,21H2,1H3,(H2,45,54)(H,47,58)(H,48,55)(H,49,59)(H,50,60)(H,51,57). The molecule has 12 aromatic rings. The van der Waals surface area contributed by atoms with Gasteiger partial charge < -0.3 is 114 Å². The van der Waals surface area contributed by atoms with Crippen LogP contribution in [0.4, 0.5) is 11.4 Å². The van der Waals surface area contributed by atoms with E-state index in [9.17, 15) is 82.1 Å². The molecule has 4 aliphatic rings. The number of primary amides is 2. The molecule has 0 aliphatic carbocycles. The van der Waals surface area contributed by atoms with Crippen molar-refractivity contribution in [2.24, 2.45) is 11.5 Å². The van der Waals surface area contributed by atoms with Crippen LogP contribution in [0.15, 0.2) is 219 Å². The molecule has 11 atom stereocenters. The topological polar surface area (TPSA) is 578 Å². The van der Waals surface area contributed by atoms with Gasteiger partial charge in [0, 0.05) is 155 Å². The molecule has 5 aromatic heterocycles. The highest BCUT2D eigenvalue weighted by Crippen LogP contribution is 2.30. The number of phenols is 2. The number of H-pyrrole nitrogens is 3. The Morgan fingerprint density at radius 3 is 1.12 bits per heavy atom. The van der Waals surface area contributed by atoms with E-state index in [1.54, 1.807) is 81.0 Å². The third kappa shape index (κ3) is 23.4.